The van der Waals surface area contributed by atoms with Gasteiger partial charge in [0.25, 0.3) is 0 Å². The highest BCUT2D eigenvalue weighted by molar-refractivity contribution is 7.85. The lowest BCUT2D eigenvalue weighted by Crippen LogP contribution is -2.27. The molecule has 1 saturated heterocycles. The molecule has 1 aliphatic heterocycles. The van der Waals surface area contributed by atoms with Crippen LogP contribution in [0.4, 0.5) is 4.39 Å². The maximum atomic E-state index is 13.1. The van der Waals surface area contributed by atoms with Gasteiger partial charge in [-0.3, -0.25) is 4.21 Å². The molecule has 3 rings (SSSR count). The Labute approximate surface area is 115 Å². The van der Waals surface area contributed by atoms with Crippen molar-refractivity contribution in [2.45, 2.75) is 55.1 Å². The number of benzene rings is 1. The van der Waals surface area contributed by atoms with Gasteiger partial charge in [-0.05, 0) is 43.9 Å². The van der Waals surface area contributed by atoms with Gasteiger partial charge >= 0.3 is 0 Å². The van der Waals surface area contributed by atoms with Crippen molar-refractivity contribution in [3.05, 3.63) is 30.1 Å². The van der Waals surface area contributed by atoms with Gasteiger partial charge in [-0.15, -0.1) is 0 Å². The van der Waals surface area contributed by atoms with E-state index in [2.05, 4.69) is 0 Å². The normalized spacial score (nSPS) is 26.9. The van der Waals surface area contributed by atoms with E-state index >= 15 is 0 Å². The van der Waals surface area contributed by atoms with Crippen LogP contribution < -0.4 is 0 Å². The molecule has 4 heteroatoms. The molecular formula is C15H19FO2S. The molecule has 1 aromatic carbocycles. The molecule has 1 saturated carbocycles. The Hall–Kier alpha value is -0.740. The van der Waals surface area contributed by atoms with E-state index in [-0.39, 0.29) is 17.5 Å². The Morgan fingerprint density at radius 3 is 2.84 bits per heavy atom. The smallest absolute Gasteiger partial charge is 0.124 e. The zero-order chi connectivity index (χ0) is 13.3. The summed E-state index contributed by atoms with van der Waals surface area (Å²) in [6, 6.07) is 6.06. The van der Waals surface area contributed by atoms with Gasteiger partial charge in [0.15, 0.2) is 0 Å². The lowest BCUT2D eigenvalue weighted by molar-refractivity contribution is -0.0270. The summed E-state index contributed by atoms with van der Waals surface area (Å²) in [7, 11) is -1.17. The molecule has 0 N–H and O–H groups in total. The van der Waals surface area contributed by atoms with Gasteiger partial charge in [0, 0.05) is 4.90 Å². The fraction of sp³-hybridized carbons (Fsp3) is 0.600. The summed E-state index contributed by atoms with van der Waals surface area (Å²) < 4.78 is 31.5. The third-order valence-electron chi connectivity index (χ3n) is 4.25. The molecule has 2 nitrogen and oxygen atoms in total. The zero-order valence-electron chi connectivity index (χ0n) is 10.9. The van der Waals surface area contributed by atoms with E-state index < -0.39 is 10.8 Å². The standard InChI is InChI=1S/C15H19FO2S/c16-12-4-3-5-14(10-12)19(17)11-13-6-9-15(18-13)7-1-2-8-15/h3-5,10,13H,1-2,6-9,11H2. The summed E-state index contributed by atoms with van der Waals surface area (Å²) in [5.74, 6) is 0.163. The molecule has 1 heterocycles. The molecule has 1 aromatic rings. The largest absolute Gasteiger partial charge is 0.371 e. The first-order valence-corrected chi connectivity index (χ1v) is 8.31. The third kappa shape index (κ3) is 2.90. The minimum absolute atomic E-state index is 0.0715. The second-order valence-corrected chi connectivity index (χ2v) is 7.13. The summed E-state index contributed by atoms with van der Waals surface area (Å²) in [5.41, 5.74) is 0.0802. The van der Waals surface area contributed by atoms with E-state index in [1.807, 2.05) is 0 Å². The molecule has 1 spiro atoms. The second kappa shape index (κ2) is 5.33. The van der Waals surface area contributed by atoms with Crippen LogP contribution in [0.15, 0.2) is 29.2 Å². The fourth-order valence-electron chi connectivity index (χ4n) is 3.27. The number of hydrogen-bond donors (Lipinski definition) is 0. The Morgan fingerprint density at radius 2 is 2.11 bits per heavy atom. The van der Waals surface area contributed by atoms with Gasteiger partial charge in [-0.2, -0.15) is 0 Å². The van der Waals surface area contributed by atoms with E-state index in [1.165, 1.54) is 25.0 Å². The van der Waals surface area contributed by atoms with Crippen LogP contribution >= 0.6 is 0 Å². The van der Waals surface area contributed by atoms with Crippen LogP contribution in [-0.2, 0) is 15.5 Å². The van der Waals surface area contributed by atoms with E-state index in [1.54, 1.807) is 12.1 Å². The van der Waals surface area contributed by atoms with Crippen LogP contribution in [0.3, 0.4) is 0 Å². The molecule has 0 amide bonds. The Bertz CT molecular complexity index is 483. The molecule has 2 atom stereocenters. The van der Waals surface area contributed by atoms with Gasteiger partial charge < -0.3 is 4.74 Å². The highest BCUT2D eigenvalue weighted by atomic mass is 32.2. The lowest BCUT2D eigenvalue weighted by atomic mass is 9.98. The summed E-state index contributed by atoms with van der Waals surface area (Å²) in [6.45, 7) is 0. The summed E-state index contributed by atoms with van der Waals surface area (Å²) in [5, 5.41) is 0. The first-order valence-electron chi connectivity index (χ1n) is 6.99. The predicted octanol–water partition coefficient (Wildman–Crippen LogP) is 3.43. The Kier molecular flexibility index (Phi) is 3.72. The van der Waals surface area contributed by atoms with Gasteiger partial charge in [0.2, 0.25) is 0 Å². The van der Waals surface area contributed by atoms with Gasteiger partial charge in [0.05, 0.1) is 28.3 Å². The van der Waals surface area contributed by atoms with E-state index in [9.17, 15) is 8.60 Å². The molecule has 104 valence electrons. The molecule has 2 aliphatic rings. The van der Waals surface area contributed by atoms with E-state index in [0.717, 1.165) is 25.7 Å². The first kappa shape index (κ1) is 13.3. The molecule has 0 aromatic heterocycles. The quantitative estimate of drug-likeness (QED) is 0.849. The van der Waals surface area contributed by atoms with Crippen molar-refractivity contribution in [3.8, 4) is 0 Å². The zero-order valence-corrected chi connectivity index (χ0v) is 11.8. The average molecular weight is 282 g/mol. The lowest BCUT2D eigenvalue weighted by Gasteiger charge is -2.23. The SMILES string of the molecule is O=S(CC1CCC2(CCCC2)O1)c1cccc(F)c1. The second-order valence-electron chi connectivity index (χ2n) is 5.64. The maximum Gasteiger partial charge on any atom is 0.124 e. The summed E-state index contributed by atoms with van der Waals surface area (Å²) in [6.07, 6.45) is 6.95. The monoisotopic (exact) mass is 282 g/mol. The molecular weight excluding hydrogens is 263 g/mol. The maximum absolute atomic E-state index is 13.1. The van der Waals surface area contributed by atoms with E-state index in [0.29, 0.717) is 10.6 Å². The number of rotatable bonds is 3. The Balaban J connectivity index is 1.62. The van der Waals surface area contributed by atoms with Crippen molar-refractivity contribution >= 4 is 10.8 Å². The van der Waals surface area contributed by atoms with Gasteiger partial charge in [0.1, 0.15) is 5.82 Å². The predicted molar refractivity (Wildman–Crippen MR) is 73.0 cm³/mol. The average Bonchev–Trinajstić information content (AvgIpc) is 3.00. The minimum Gasteiger partial charge on any atom is -0.371 e. The van der Waals surface area contributed by atoms with Crippen molar-refractivity contribution < 1.29 is 13.3 Å². The van der Waals surface area contributed by atoms with Crippen molar-refractivity contribution in [1.82, 2.24) is 0 Å². The molecule has 19 heavy (non-hydrogen) atoms. The van der Waals surface area contributed by atoms with Crippen molar-refractivity contribution in [2.24, 2.45) is 0 Å². The summed E-state index contributed by atoms with van der Waals surface area (Å²) in [4.78, 5) is 0.566. The Morgan fingerprint density at radius 1 is 1.32 bits per heavy atom. The number of ether oxygens (including phenoxy) is 1. The first-order chi connectivity index (χ1) is 9.17. The van der Waals surface area contributed by atoms with Crippen LogP contribution in [0.5, 0.6) is 0 Å². The van der Waals surface area contributed by atoms with Crippen molar-refractivity contribution in [3.63, 3.8) is 0 Å². The minimum atomic E-state index is -1.17. The van der Waals surface area contributed by atoms with Crippen LogP contribution in [0.2, 0.25) is 0 Å². The van der Waals surface area contributed by atoms with Crippen molar-refractivity contribution in [2.75, 3.05) is 5.75 Å². The van der Waals surface area contributed by atoms with Crippen LogP contribution in [-0.4, -0.2) is 21.7 Å². The van der Waals surface area contributed by atoms with Gasteiger partial charge in [-0.25, -0.2) is 4.39 Å². The molecule has 2 unspecified atom stereocenters. The molecule has 1 aliphatic carbocycles. The fourth-order valence-corrected chi connectivity index (χ4v) is 4.51. The third-order valence-corrected chi connectivity index (χ3v) is 5.70. The topological polar surface area (TPSA) is 26.3 Å². The molecule has 2 fully saturated rings. The summed E-state index contributed by atoms with van der Waals surface area (Å²) >= 11 is 0. The van der Waals surface area contributed by atoms with Gasteiger partial charge in [-0.1, -0.05) is 18.9 Å². The number of halogens is 1. The van der Waals surface area contributed by atoms with Crippen molar-refractivity contribution in [1.29, 1.82) is 0 Å². The van der Waals surface area contributed by atoms with Crippen LogP contribution in [0.25, 0.3) is 0 Å². The van der Waals surface area contributed by atoms with Crippen LogP contribution in [0, 0.1) is 5.82 Å². The van der Waals surface area contributed by atoms with Crippen LogP contribution in [0.1, 0.15) is 38.5 Å². The van der Waals surface area contributed by atoms with E-state index in [4.69, 9.17) is 4.74 Å². The molecule has 0 bridgehead atoms. The number of hydrogen-bond acceptors (Lipinski definition) is 2. The molecule has 0 radical (unpaired) electrons. The highest BCUT2D eigenvalue weighted by Crippen LogP contribution is 2.43. The highest BCUT2D eigenvalue weighted by Gasteiger charge is 2.42.